The third-order valence-electron chi connectivity index (χ3n) is 4.78. The van der Waals surface area contributed by atoms with E-state index < -0.39 is 16.1 Å². The fourth-order valence-corrected chi connectivity index (χ4v) is 5.70. The summed E-state index contributed by atoms with van der Waals surface area (Å²) in [6.07, 6.45) is -0.669. The molecule has 0 bridgehead atoms. The van der Waals surface area contributed by atoms with Gasteiger partial charge in [-0.05, 0) is 31.2 Å². The molecular weight excluding hydrogens is 435 g/mol. The van der Waals surface area contributed by atoms with Crippen molar-refractivity contribution >= 4 is 33.2 Å². The molecule has 0 amide bonds. The first kappa shape index (κ1) is 22.3. The maximum absolute atomic E-state index is 12.9. The summed E-state index contributed by atoms with van der Waals surface area (Å²) in [5.74, 6) is 0.710. The Kier molecular flexibility index (Phi) is 7.42. The quantitative estimate of drug-likeness (QED) is 0.690. The molecule has 1 fully saturated rings. The highest BCUT2D eigenvalue weighted by Crippen LogP contribution is 2.31. The Bertz CT molecular complexity index is 910. The summed E-state index contributed by atoms with van der Waals surface area (Å²) in [7, 11) is -3.77. The van der Waals surface area contributed by atoms with Gasteiger partial charge in [0.1, 0.15) is 23.4 Å². The molecule has 2 aromatic rings. The summed E-state index contributed by atoms with van der Waals surface area (Å²) >= 11 is 12.2. The minimum absolute atomic E-state index is 0.0525. The third kappa shape index (κ3) is 5.63. The molecule has 1 aliphatic heterocycles. The maximum atomic E-state index is 12.9. The van der Waals surface area contributed by atoms with Crippen molar-refractivity contribution < 1.29 is 18.3 Å². The van der Waals surface area contributed by atoms with Crippen molar-refractivity contribution in [1.82, 2.24) is 9.21 Å². The van der Waals surface area contributed by atoms with E-state index in [1.807, 2.05) is 36.1 Å². The van der Waals surface area contributed by atoms with Crippen LogP contribution in [-0.2, 0) is 10.0 Å². The number of nitrogens with zero attached hydrogens (tertiary/aromatic N) is 2. The van der Waals surface area contributed by atoms with E-state index >= 15 is 0 Å². The zero-order valence-electron chi connectivity index (χ0n) is 16.1. The van der Waals surface area contributed by atoms with E-state index in [9.17, 15) is 13.5 Å². The zero-order chi connectivity index (χ0) is 21.0. The van der Waals surface area contributed by atoms with E-state index in [4.69, 9.17) is 27.9 Å². The molecule has 1 unspecified atom stereocenters. The van der Waals surface area contributed by atoms with Gasteiger partial charge in [-0.2, -0.15) is 4.31 Å². The lowest BCUT2D eigenvalue weighted by atomic mass is 10.2. The molecule has 0 spiro atoms. The summed E-state index contributed by atoms with van der Waals surface area (Å²) in [5.41, 5.74) is 1.14. The standard InChI is InChI=1S/C20H24Cl2N2O4S/c1-15-5-7-17(8-6-15)28-14-16(25)13-23-9-11-24(12-10-23)29(26,27)20-18(21)3-2-4-19(20)22/h2-8,16,25H,9-14H2,1H3. The van der Waals surface area contributed by atoms with E-state index in [2.05, 4.69) is 0 Å². The lowest BCUT2D eigenvalue weighted by molar-refractivity contribution is 0.0569. The summed E-state index contributed by atoms with van der Waals surface area (Å²) in [5, 5.41) is 10.5. The van der Waals surface area contributed by atoms with Crippen molar-refractivity contribution in [2.24, 2.45) is 0 Å². The number of sulfonamides is 1. The Morgan fingerprint density at radius 2 is 1.62 bits per heavy atom. The van der Waals surface area contributed by atoms with Gasteiger partial charge in [-0.15, -0.1) is 0 Å². The van der Waals surface area contributed by atoms with Gasteiger partial charge in [0, 0.05) is 32.7 Å². The van der Waals surface area contributed by atoms with E-state index in [0.717, 1.165) is 5.56 Å². The van der Waals surface area contributed by atoms with Crippen LogP contribution in [0.5, 0.6) is 5.75 Å². The summed E-state index contributed by atoms with van der Waals surface area (Å²) in [6, 6.07) is 12.3. The first-order valence-electron chi connectivity index (χ1n) is 9.31. The number of piperazine rings is 1. The van der Waals surface area contributed by atoms with Gasteiger partial charge in [0.25, 0.3) is 0 Å². The van der Waals surface area contributed by atoms with Crippen molar-refractivity contribution in [3.05, 3.63) is 58.1 Å². The number of halogens is 2. The van der Waals surface area contributed by atoms with Gasteiger partial charge in [0.15, 0.2) is 0 Å². The number of hydrogen-bond acceptors (Lipinski definition) is 5. The molecule has 1 saturated heterocycles. The van der Waals surface area contributed by atoms with E-state index in [-0.39, 0.29) is 21.5 Å². The van der Waals surface area contributed by atoms with E-state index in [1.54, 1.807) is 6.07 Å². The number of benzene rings is 2. The molecule has 0 saturated carbocycles. The number of ether oxygens (including phenoxy) is 1. The van der Waals surface area contributed by atoms with Crippen molar-refractivity contribution in [1.29, 1.82) is 0 Å². The van der Waals surface area contributed by atoms with Crippen molar-refractivity contribution in [2.45, 2.75) is 17.9 Å². The van der Waals surface area contributed by atoms with Crippen LogP contribution in [0.25, 0.3) is 0 Å². The Morgan fingerprint density at radius 1 is 1.03 bits per heavy atom. The smallest absolute Gasteiger partial charge is 0.246 e. The zero-order valence-corrected chi connectivity index (χ0v) is 18.4. The van der Waals surface area contributed by atoms with Gasteiger partial charge in [-0.25, -0.2) is 8.42 Å². The van der Waals surface area contributed by atoms with Crippen LogP contribution in [0, 0.1) is 6.92 Å². The fourth-order valence-electron chi connectivity index (χ4n) is 3.19. The Labute approximate surface area is 181 Å². The minimum Gasteiger partial charge on any atom is -0.491 e. The monoisotopic (exact) mass is 458 g/mol. The normalized spacial score (nSPS) is 17.2. The first-order chi connectivity index (χ1) is 13.8. The van der Waals surface area contributed by atoms with Crippen LogP contribution in [0.3, 0.4) is 0 Å². The van der Waals surface area contributed by atoms with Crippen LogP contribution in [0.4, 0.5) is 0 Å². The van der Waals surface area contributed by atoms with Crippen LogP contribution < -0.4 is 4.74 Å². The van der Waals surface area contributed by atoms with Gasteiger partial charge < -0.3 is 9.84 Å². The molecule has 9 heteroatoms. The Morgan fingerprint density at radius 3 is 2.21 bits per heavy atom. The number of rotatable bonds is 7. The van der Waals surface area contributed by atoms with E-state index in [1.165, 1.54) is 16.4 Å². The SMILES string of the molecule is Cc1ccc(OCC(O)CN2CCN(S(=O)(=O)c3c(Cl)cccc3Cl)CC2)cc1. The Hall–Kier alpha value is -1.35. The van der Waals surface area contributed by atoms with Crippen molar-refractivity contribution in [3.63, 3.8) is 0 Å². The van der Waals surface area contributed by atoms with Gasteiger partial charge in [-0.3, -0.25) is 4.90 Å². The minimum atomic E-state index is -3.77. The third-order valence-corrected chi connectivity index (χ3v) is 7.64. The highest BCUT2D eigenvalue weighted by Gasteiger charge is 2.32. The Balaban J connectivity index is 1.51. The molecule has 0 radical (unpaired) electrons. The molecule has 158 valence electrons. The molecule has 1 N–H and O–H groups in total. The van der Waals surface area contributed by atoms with Crippen LogP contribution >= 0.6 is 23.2 Å². The molecule has 2 aromatic carbocycles. The number of aliphatic hydroxyl groups is 1. The summed E-state index contributed by atoms with van der Waals surface area (Å²) in [4.78, 5) is 1.96. The van der Waals surface area contributed by atoms with Gasteiger partial charge >= 0.3 is 0 Å². The molecule has 1 heterocycles. The topological polar surface area (TPSA) is 70.1 Å². The van der Waals surface area contributed by atoms with Crippen LogP contribution in [0.15, 0.2) is 47.4 Å². The molecule has 1 atom stereocenters. The molecule has 0 aromatic heterocycles. The molecular formula is C20H24Cl2N2O4S. The predicted molar refractivity (Wildman–Crippen MR) is 114 cm³/mol. The van der Waals surface area contributed by atoms with Gasteiger partial charge in [-0.1, -0.05) is 47.0 Å². The highest BCUT2D eigenvalue weighted by molar-refractivity contribution is 7.89. The largest absolute Gasteiger partial charge is 0.491 e. The average Bonchev–Trinajstić information content (AvgIpc) is 2.68. The van der Waals surface area contributed by atoms with Crippen molar-refractivity contribution in [2.75, 3.05) is 39.3 Å². The highest BCUT2D eigenvalue weighted by atomic mass is 35.5. The maximum Gasteiger partial charge on any atom is 0.246 e. The van der Waals surface area contributed by atoms with Gasteiger partial charge in [0.2, 0.25) is 10.0 Å². The van der Waals surface area contributed by atoms with Crippen LogP contribution in [0.2, 0.25) is 10.0 Å². The second-order valence-corrected chi connectivity index (χ2v) is 9.72. The molecule has 29 heavy (non-hydrogen) atoms. The van der Waals surface area contributed by atoms with Crippen LogP contribution in [0.1, 0.15) is 5.56 Å². The number of aliphatic hydroxyl groups excluding tert-OH is 1. The van der Waals surface area contributed by atoms with Gasteiger partial charge in [0.05, 0.1) is 10.0 Å². The molecule has 6 nitrogen and oxygen atoms in total. The lowest BCUT2D eigenvalue weighted by Gasteiger charge is -2.35. The second-order valence-electron chi connectivity index (χ2n) is 7.03. The van der Waals surface area contributed by atoms with E-state index in [0.29, 0.717) is 38.5 Å². The summed E-state index contributed by atoms with van der Waals surface area (Å²) < 4.78 is 32.8. The fraction of sp³-hybridized carbons (Fsp3) is 0.400. The molecule has 1 aliphatic rings. The molecule has 0 aliphatic carbocycles. The summed E-state index contributed by atoms with van der Waals surface area (Å²) in [6.45, 7) is 4.19. The number of hydrogen-bond donors (Lipinski definition) is 1. The lowest BCUT2D eigenvalue weighted by Crippen LogP contribution is -2.50. The van der Waals surface area contributed by atoms with Crippen molar-refractivity contribution in [3.8, 4) is 5.75 Å². The number of β-amino-alcohol motifs (C(OH)–C–C–N with tert-alkyl or cyclic N) is 1. The number of aryl methyl sites for hydroxylation is 1. The first-order valence-corrected chi connectivity index (χ1v) is 11.5. The van der Waals surface area contributed by atoms with Crippen LogP contribution in [-0.4, -0.2) is 68.2 Å². The average molecular weight is 459 g/mol. The molecule has 3 rings (SSSR count). The second kappa shape index (κ2) is 9.64. The predicted octanol–water partition coefficient (Wildman–Crippen LogP) is 3.05.